The highest BCUT2D eigenvalue weighted by atomic mass is 16.2. The van der Waals surface area contributed by atoms with Crippen LogP contribution >= 0.6 is 0 Å². The van der Waals surface area contributed by atoms with Gasteiger partial charge in [-0.15, -0.1) is 0 Å². The van der Waals surface area contributed by atoms with Crippen LogP contribution in [0.1, 0.15) is 32.0 Å². The molecule has 0 spiro atoms. The van der Waals surface area contributed by atoms with E-state index in [0.717, 1.165) is 0 Å². The zero-order valence-corrected chi connectivity index (χ0v) is 15.0. The van der Waals surface area contributed by atoms with Gasteiger partial charge in [-0.3, -0.25) is 19.5 Å². The third-order valence-electron chi connectivity index (χ3n) is 4.33. The van der Waals surface area contributed by atoms with E-state index >= 15 is 0 Å². The lowest BCUT2D eigenvalue weighted by atomic mass is 10.0. The van der Waals surface area contributed by atoms with E-state index in [-0.39, 0.29) is 22.6 Å². The molecule has 0 saturated carbocycles. The number of H-pyrrole nitrogens is 1. The van der Waals surface area contributed by atoms with Gasteiger partial charge in [0, 0.05) is 29.1 Å². The van der Waals surface area contributed by atoms with Gasteiger partial charge in [0.05, 0.1) is 5.69 Å². The molecule has 0 unspecified atom stereocenters. The first-order valence-corrected chi connectivity index (χ1v) is 8.62. The molecule has 7 nitrogen and oxygen atoms in total. The lowest BCUT2D eigenvalue weighted by Gasteiger charge is -2.10. The Morgan fingerprint density at radius 2 is 1.71 bits per heavy atom. The van der Waals surface area contributed by atoms with E-state index in [0.29, 0.717) is 22.5 Å². The number of hydrogen-bond donors (Lipinski definition) is 2. The normalized spacial score (nSPS) is 10.8. The van der Waals surface area contributed by atoms with E-state index in [4.69, 9.17) is 0 Å². The average Bonchev–Trinajstić information content (AvgIpc) is 3.13. The van der Waals surface area contributed by atoms with Crippen LogP contribution in [0.15, 0.2) is 71.7 Å². The Balaban J connectivity index is 1.70. The molecule has 4 rings (SSSR count). The second-order valence-corrected chi connectivity index (χ2v) is 6.28. The Hall–Kier alpha value is -4.00. The maximum absolute atomic E-state index is 12.8. The predicted molar refractivity (Wildman–Crippen MR) is 105 cm³/mol. The van der Waals surface area contributed by atoms with E-state index in [9.17, 15) is 14.4 Å². The number of aromatic nitrogens is 3. The number of nitrogens with zero attached hydrogens (tertiary/aromatic N) is 2. The fourth-order valence-electron chi connectivity index (χ4n) is 2.99. The van der Waals surface area contributed by atoms with E-state index in [1.54, 1.807) is 55.5 Å². The number of rotatable bonds is 4. The molecular formula is C21H16N4O3. The van der Waals surface area contributed by atoms with Crippen molar-refractivity contribution < 1.29 is 9.59 Å². The Kier molecular flexibility index (Phi) is 4.33. The number of fused-ring (bicyclic) bond motifs is 1. The van der Waals surface area contributed by atoms with Crippen LogP contribution in [0.4, 0.5) is 5.69 Å². The summed E-state index contributed by atoms with van der Waals surface area (Å²) in [5.41, 5.74) is 1.94. The van der Waals surface area contributed by atoms with Gasteiger partial charge in [0.25, 0.3) is 11.5 Å². The maximum Gasteiger partial charge on any atom is 0.272 e. The largest absolute Gasteiger partial charge is 0.321 e. The minimum Gasteiger partial charge on any atom is -0.321 e. The van der Waals surface area contributed by atoms with Crippen LogP contribution in [0.3, 0.4) is 0 Å². The molecule has 0 atom stereocenters. The molecule has 0 fully saturated rings. The molecule has 28 heavy (non-hydrogen) atoms. The second kappa shape index (κ2) is 6.96. The Labute approximate surface area is 159 Å². The summed E-state index contributed by atoms with van der Waals surface area (Å²) in [7, 11) is 0. The fraction of sp³-hybridized carbons (Fsp3) is 0.0476. The van der Waals surface area contributed by atoms with Crippen molar-refractivity contribution in [3.05, 3.63) is 99.6 Å². The first kappa shape index (κ1) is 17.4. The average molecular weight is 372 g/mol. The molecule has 4 aromatic rings. The summed E-state index contributed by atoms with van der Waals surface area (Å²) < 4.78 is 1.20. The molecule has 138 valence electrons. The molecule has 0 radical (unpaired) electrons. The number of benzene rings is 2. The molecule has 2 aromatic heterocycles. The van der Waals surface area contributed by atoms with Gasteiger partial charge in [-0.2, -0.15) is 0 Å². The van der Waals surface area contributed by atoms with Gasteiger partial charge in [0.2, 0.25) is 0 Å². The summed E-state index contributed by atoms with van der Waals surface area (Å²) in [6.07, 6.45) is 1.42. The highest BCUT2D eigenvalue weighted by molar-refractivity contribution is 6.16. The number of nitrogens with one attached hydrogen (secondary N) is 2. The minimum absolute atomic E-state index is 0.194. The lowest BCUT2D eigenvalue weighted by molar-refractivity contribution is 0.102. The number of hydrogen-bond acceptors (Lipinski definition) is 4. The van der Waals surface area contributed by atoms with E-state index in [1.165, 1.54) is 16.8 Å². The number of amides is 1. The topological polar surface area (TPSA) is 96.3 Å². The number of carbonyl (C=O) groups excluding carboxylic acids is 2. The second-order valence-electron chi connectivity index (χ2n) is 6.28. The maximum atomic E-state index is 12.8. The zero-order chi connectivity index (χ0) is 19.7. The van der Waals surface area contributed by atoms with Gasteiger partial charge in [-0.05, 0) is 19.1 Å². The standard InChI is InChI=1S/C21H16N4O3/c1-13-11-18(26)25-20(23-13)16(12-22-25)21(28)24-17-10-6-5-9-15(17)19(27)14-7-3-2-4-8-14/h2-12,22H,1H3,(H,24,28). The van der Waals surface area contributed by atoms with Crippen molar-refractivity contribution in [3.8, 4) is 0 Å². The third kappa shape index (κ3) is 3.09. The SMILES string of the molecule is Cc1cc(=O)n2[nH]cc(C(=O)Nc3ccccc3C(=O)c3ccccc3)c2n1. The van der Waals surface area contributed by atoms with Crippen LogP contribution in [0, 0.1) is 6.92 Å². The molecule has 1 amide bonds. The van der Waals surface area contributed by atoms with Crippen molar-refractivity contribution in [3.63, 3.8) is 0 Å². The molecule has 2 N–H and O–H groups in total. The fourth-order valence-corrected chi connectivity index (χ4v) is 2.99. The summed E-state index contributed by atoms with van der Waals surface area (Å²) >= 11 is 0. The van der Waals surface area contributed by atoms with Crippen LogP contribution in [-0.2, 0) is 0 Å². The molecule has 0 aliphatic carbocycles. The first-order chi connectivity index (χ1) is 13.5. The highest BCUT2D eigenvalue weighted by Gasteiger charge is 2.19. The van der Waals surface area contributed by atoms with Gasteiger partial charge in [0.1, 0.15) is 5.56 Å². The molecule has 0 aliphatic heterocycles. The van der Waals surface area contributed by atoms with Crippen LogP contribution < -0.4 is 10.9 Å². The molecule has 0 aliphatic rings. The highest BCUT2D eigenvalue weighted by Crippen LogP contribution is 2.20. The molecule has 7 heteroatoms. The quantitative estimate of drug-likeness (QED) is 0.539. The van der Waals surface area contributed by atoms with Crippen LogP contribution in [0.25, 0.3) is 5.65 Å². The van der Waals surface area contributed by atoms with Crippen molar-refractivity contribution >= 4 is 23.0 Å². The predicted octanol–water partition coefficient (Wildman–Crippen LogP) is 2.81. The molecule has 0 saturated heterocycles. The molecular weight excluding hydrogens is 356 g/mol. The molecule has 2 heterocycles. The summed E-state index contributed by atoms with van der Waals surface area (Å²) in [5, 5.41) is 5.49. The van der Waals surface area contributed by atoms with E-state index in [1.807, 2.05) is 6.07 Å². The number of anilines is 1. The summed E-state index contributed by atoms with van der Waals surface area (Å²) in [6.45, 7) is 1.68. The monoisotopic (exact) mass is 372 g/mol. The minimum atomic E-state index is -0.468. The lowest BCUT2D eigenvalue weighted by Crippen LogP contribution is -2.18. The number of aryl methyl sites for hydroxylation is 1. The third-order valence-corrected chi connectivity index (χ3v) is 4.33. The van der Waals surface area contributed by atoms with Crippen molar-refractivity contribution in [2.75, 3.05) is 5.32 Å². The van der Waals surface area contributed by atoms with Gasteiger partial charge in [-0.1, -0.05) is 42.5 Å². The summed E-state index contributed by atoms with van der Waals surface area (Å²) in [6, 6.07) is 17.0. The van der Waals surface area contributed by atoms with Gasteiger partial charge in [0.15, 0.2) is 11.4 Å². The molecule has 0 bridgehead atoms. The summed E-state index contributed by atoms with van der Waals surface area (Å²) in [5.74, 6) is -0.662. The summed E-state index contributed by atoms with van der Waals surface area (Å²) in [4.78, 5) is 41.9. The smallest absolute Gasteiger partial charge is 0.272 e. The zero-order valence-electron chi connectivity index (χ0n) is 15.0. The Morgan fingerprint density at radius 1 is 1.00 bits per heavy atom. The van der Waals surface area contributed by atoms with Crippen LogP contribution in [0.2, 0.25) is 0 Å². The number of ketones is 1. The Bertz CT molecular complexity index is 1260. The van der Waals surface area contributed by atoms with Crippen LogP contribution in [0.5, 0.6) is 0 Å². The Morgan fingerprint density at radius 3 is 2.50 bits per heavy atom. The van der Waals surface area contributed by atoms with E-state index in [2.05, 4.69) is 15.4 Å². The van der Waals surface area contributed by atoms with Gasteiger partial charge in [-0.25, -0.2) is 9.50 Å². The van der Waals surface area contributed by atoms with Crippen molar-refractivity contribution in [2.45, 2.75) is 6.92 Å². The van der Waals surface area contributed by atoms with Gasteiger partial charge < -0.3 is 5.32 Å². The van der Waals surface area contributed by atoms with E-state index < -0.39 is 5.91 Å². The number of para-hydroxylation sites is 1. The van der Waals surface area contributed by atoms with Crippen molar-refractivity contribution in [1.82, 2.24) is 14.6 Å². The van der Waals surface area contributed by atoms with Crippen molar-refractivity contribution in [2.24, 2.45) is 0 Å². The number of aromatic amines is 1. The van der Waals surface area contributed by atoms with Crippen molar-refractivity contribution in [1.29, 1.82) is 0 Å². The number of carbonyl (C=O) groups is 2. The van der Waals surface area contributed by atoms with Crippen LogP contribution in [-0.4, -0.2) is 26.3 Å². The molecule has 2 aromatic carbocycles. The van der Waals surface area contributed by atoms with Gasteiger partial charge >= 0.3 is 0 Å². The first-order valence-electron chi connectivity index (χ1n) is 8.62.